The standard InChI is InChI=1S/C28H40N4O8/c1-15(2)20(30-27(38)39-28(5,6)7)25(36)31-14-10-13-19(31)22(33)29-21(16(3)4)26(37)40-32-23(34)17-11-8-9-12-18(17)24(32)35/h8-9,11-12,15-16,19-21,23,34H,10,13-14H2,1-7H3,(H,29,33)(H,30,38)/t19-,20-,21-,23?/m0/s1. The number of hydrogen-bond acceptors (Lipinski definition) is 8. The van der Waals surface area contributed by atoms with E-state index in [9.17, 15) is 29.1 Å². The van der Waals surface area contributed by atoms with E-state index in [4.69, 9.17) is 9.57 Å². The lowest BCUT2D eigenvalue weighted by molar-refractivity contribution is -0.211. The molecule has 1 aromatic carbocycles. The van der Waals surface area contributed by atoms with Crippen LogP contribution in [0.2, 0.25) is 0 Å². The summed E-state index contributed by atoms with van der Waals surface area (Å²) in [6.07, 6.45) is -1.27. The van der Waals surface area contributed by atoms with Crippen molar-refractivity contribution in [1.82, 2.24) is 20.6 Å². The highest BCUT2D eigenvalue weighted by molar-refractivity contribution is 5.99. The Balaban J connectivity index is 1.69. The summed E-state index contributed by atoms with van der Waals surface area (Å²) in [6, 6.07) is 3.41. The van der Waals surface area contributed by atoms with Crippen molar-refractivity contribution in [3.05, 3.63) is 35.4 Å². The summed E-state index contributed by atoms with van der Waals surface area (Å²) >= 11 is 0. The largest absolute Gasteiger partial charge is 0.444 e. The van der Waals surface area contributed by atoms with E-state index < -0.39 is 65.7 Å². The number of rotatable bonds is 8. The zero-order valence-corrected chi connectivity index (χ0v) is 24.1. The highest BCUT2D eigenvalue weighted by Gasteiger charge is 2.43. The third kappa shape index (κ3) is 6.90. The smallest absolute Gasteiger partial charge is 0.408 e. The van der Waals surface area contributed by atoms with Gasteiger partial charge in [-0.1, -0.05) is 45.9 Å². The number of aliphatic hydroxyl groups is 1. The third-order valence-electron chi connectivity index (χ3n) is 6.74. The lowest BCUT2D eigenvalue weighted by Crippen LogP contribution is -2.57. The van der Waals surface area contributed by atoms with E-state index in [1.807, 2.05) is 0 Å². The molecule has 0 saturated carbocycles. The minimum Gasteiger partial charge on any atom is -0.444 e. The Bertz CT molecular complexity index is 1150. The van der Waals surface area contributed by atoms with Crippen molar-refractivity contribution in [2.75, 3.05) is 6.54 Å². The lowest BCUT2D eigenvalue weighted by Gasteiger charge is -2.32. The van der Waals surface area contributed by atoms with Crippen LogP contribution in [0.3, 0.4) is 0 Å². The molecule has 0 aliphatic carbocycles. The number of carbonyl (C=O) groups is 5. The molecule has 2 aliphatic rings. The van der Waals surface area contributed by atoms with Gasteiger partial charge < -0.3 is 30.2 Å². The van der Waals surface area contributed by atoms with Crippen molar-refractivity contribution in [1.29, 1.82) is 0 Å². The van der Waals surface area contributed by atoms with E-state index in [0.29, 0.717) is 30.0 Å². The molecule has 12 nitrogen and oxygen atoms in total. The van der Waals surface area contributed by atoms with Gasteiger partial charge in [0.1, 0.15) is 23.7 Å². The average Bonchev–Trinajstić information content (AvgIpc) is 3.44. The van der Waals surface area contributed by atoms with Crippen molar-refractivity contribution in [3.63, 3.8) is 0 Å². The number of likely N-dealkylation sites (tertiary alicyclic amines) is 1. The van der Waals surface area contributed by atoms with Crippen LogP contribution < -0.4 is 10.6 Å². The van der Waals surface area contributed by atoms with Crippen LogP contribution in [0.5, 0.6) is 0 Å². The molecule has 4 atom stereocenters. The van der Waals surface area contributed by atoms with Gasteiger partial charge in [0.2, 0.25) is 11.8 Å². The highest BCUT2D eigenvalue weighted by atomic mass is 16.7. The molecular formula is C28H40N4O8. The molecule has 0 spiro atoms. The number of ether oxygens (including phenoxy) is 1. The number of hydroxylamine groups is 2. The molecule has 12 heteroatoms. The molecule has 40 heavy (non-hydrogen) atoms. The number of fused-ring (bicyclic) bond motifs is 1. The van der Waals surface area contributed by atoms with Crippen LogP contribution in [-0.4, -0.2) is 75.1 Å². The van der Waals surface area contributed by atoms with Gasteiger partial charge >= 0.3 is 12.1 Å². The molecule has 0 radical (unpaired) electrons. The summed E-state index contributed by atoms with van der Waals surface area (Å²) in [5, 5.41) is 16.4. The van der Waals surface area contributed by atoms with Gasteiger partial charge in [-0.2, -0.15) is 0 Å². The van der Waals surface area contributed by atoms with Gasteiger partial charge in [0.05, 0.1) is 5.56 Å². The van der Waals surface area contributed by atoms with E-state index in [1.165, 1.54) is 11.0 Å². The maximum atomic E-state index is 13.5. The van der Waals surface area contributed by atoms with Crippen LogP contribution >= 0.6 is 0 Å². The monoisotopic (exact) mass is 560 g/mol. The summed E-state index contributed by atoms with van der Waals surface area (Å²) in [5.41, 5.74) is -0.220. The quantitative estimate of drug-likeness (QED) is 0.438. The number of amides is 4. The van der Waals surface area contributed by atoms with Crippen LogP contribution in [0.25, 0.3) is 0 Å². The second kappa shape index (κ2) is 12.2. The van der Waals surface area contributed by atoms with Gasteiger partial charge in [-0.25, -0.2) is 9.59 Å². The number of alkyl carbamates (subject to hydrolysis) is 1. The molecule has 1 fully saturated rings. The molecule has 1 unspecified atom stereocenters. The molecule has 0 aromatic heterocycles. The number of benzene rings is 1. The molecule has 3 rings (SSSR count). The second-order valence-electron chi connectivity index (χ2n) is 11.8. The van der Waals surface area contributed by atoms with Crippen LogP contribution in [-0.2, 0) is 24.0 Å². The fourth-order valence-corrected chi connectivity index (χ4v) is 4.70. The summed E-state index contributed by atoms with van der Waals surface area (Å²) < 4.78 is 5.30. The third-order valence-corrected chi connectivity index (χ3v) is 6.74. The van der Waals surface area contributed by atoms with Crippen molar-refractivity contribution >= 4 is 29.8 Å². The average molecular weight is 561 g/mol. The molecule has 2 aliphatic heterocycles. The van der Waals surface area contributed by atoms with Crippen molar-refractivity contribution in [3.8, 4) is 0 Å². The Morgan fingerprint density at radius 3 is 2.20 bits per heavy atom. The molecular weight excluding hydrogens is 520 g/mol. The van der Waals surface area contributed by atoms with Crippen molar-refractivity contribution in [2.45, 2.75) is 91.3 Å². The Morgan fingerprint density at radius 1 is 1.00 bits per heavy atom. The Hall–Kier alpha value is -3.67. The van der Waals surface area contributed by atoms with E-state index >= 15 is 0 Å². The molecule has 2 heterocycles. The van der Waals surface area contributed by atoms with Gasteiger partial charge in [-0.05, 0) is 51.5 Å². The Morgan fingerprint density at radius 2 is 1.62 bits per heavy atom. The maximum absolute atomic E-state index is 13.5. The van der Waals surface area contributed by atoms with Crippen molar-refractivity contribution < 1.29 is 38.7 Å². The number of nitrogens with one attached hydrogen (secondary N) is 2. The predicted molar refractivity (Wildman–Crippen MR) is 143 cm³/mol. The molecule has 4 amide bonds. The Kier molecular flexibility index (Phi) is 9.44. The summed E-state index contributed by atoms with van der Waals surface area (Å²) in [7, 11) is 0. The highest BCUT2D eigenvalue weighted by Crippen LogP contribution is 2.32. The van der Waals surface area contributed by atoms with Crippen molar-refractivity contribution in [2.24, 2.45) is 11.8 Å². The lowest BCUT2D eigenvalue weighted by atomic mass is 10.0. The first-order valence-electron chi connectivity index (χ1n) is 13.5. The fourth-order valence-electron chi connectivity index (χ4n) is 4.70. The molecule has 1 saturated heterocycles. The summed E-state index contributed by atoms with van der Waals surface area (Å²) in [6.45, 7) is 12.4. The number of hydrogen-bond donors (Lipinski definition) is 3. The van der Waals surface area contributed by atoms with Crippen LogP contribution in [0.15, 0.2) is 24.3 Å². The van der Waals surface area contributed by atoms with Crippen LogP contribution in [0, 0.1) is 11.8 Å². The van der Waals surface area contributed by atoms with Gasteiger partial charge in [0.25, 0.3) is 5.91 Å². The summed E-state index contributed by atoms with van der Waals surface area (Å²) in [5.74, 6) is -3.29. The first-order chi connectivity index (χ1) is 18.6. The zero-order valence-electron chi connectivity index (χ0n) is 24.1. The van der Waals surface area contributed by atoms with Gasteiger partial charge in [0, 0.05) is 12.1 Å². The predicted octanol–water partition coefficient (Wildman–Crippen LogP) is 2.27. The van der Waals surface area contributed by atoms with E-state index in [2.05, 4.69) is 10.6 Å². The van der Waals surface area contributed by atoms with Crippen LogP contribution in [0.4, 0.5) is 4.79 Å². The van der Waals surface area contributed by atoms with E-state index in [0.717, 1.165) is 0 Å². The first-order valence-corrected chi connectivity index (χ1v) is 13.5. The van der Waals surface area contributed by atoms with Gasteiger partial charge in [-0.15, -0.1) is 5.06 Å². The maximum Gasteiger partial charge on any atom is 0.408 e. The molecule has 0 bridgehead atoms. The Labute approximate surface area is 234 Å². The normalized spacial score (nSPS) is 20.3. The molecule has 3 N–H and O–H groups in total. The fraction of sp³-hybridized carbons (Fsp3) is 0.607. The molecule has 220 valence electrons. The van der Waals surface area contributed by atoms with E-state index in [1.54, 1.807) is 66.7 Å². The summed E-state index contributed by atoms with van der Waals surface area (Å²) in [4.78, 5) is 71.7. The minimum absolute atomic E-state index is 0.216. The molecule has 1 aromatic rings. The zero-order chi connectivity index (χ0) is 29.9. The first kappa shape index (κ1) is 30.9. The van der Waals surface area contributed by atoms with Gasteiger partial charge in [0.15, 0.2) is 6.23 Å². The van der Waals surface area contributed by atoms with Gasteiger partial charge in [-0.3, -0.25) is 14.4 Å². The number of nitrogens with zero attached hydrogens (tertiary/aromatic N) is 2. The number of carbonyl (C=O) groups excluding carboxylic acids is 5. The topological polar surface area (TPSA) is 155 Å². The SMILES string of the molecule is CC(C)[C@H](NC(=O)[C@@H]1CCCN1C(=O)[C@@H](NC(=O)OC(C)(C)C)C(C)C)C(=O)ON1C(=O)c2ccccc2C1O. The van der Waals surface area contributed by atoms with E-state index in [-0.39, 0.29) is 11.5 Å². The number of aliphatic hydroxyl groups excluding tert-OH is 1. The minimum atomic E-state index is -1.47. The second-order valence-corrected chi connectivity index (χ2v) is 11.8. The van der Waals surface area contributed by atoms with Crippen LogP contribution in [0.1, 0.15) is 83.5 Å².